The first-order valence-electron chi connectivity index (χ1n) is 4.63. The van der Waals surface area contributed by atoms with Crippen LogP contribution in [0.1, 0.15) is 16.2 Å². The Hall–Kier alpha value is -2.11. The Labute approximate surface area is 91.0 Å². The molecule has 0 aliphatic heterocycles. The Kier molecular flexibility index (Phi) is 2.72. The molecule has 0 amide bonds. The lowest BCUT2D eigenvalue weighted by Crippen LogP contribution is -2.09. The predicted molar refractivity (Wildman–Crippen MR) is 53.2 cm³/mol. The molecule has 6 heteroatoms. The number of carbonyl (C=O) groups is 1. The standard InChI is InChI=1S/C10H9FN4O/c1-15-10(13-6-14-15)3-9(16)7-2-8(11)5-12-4-7/h2,4-6H,3H2,1H3. The van der Waals surface area contributed by atoms with E-state index in [0.717, 1.165) is 12.3 Å². The fraction of sp³-hybridized carbons (Fsp3) is 0.200. The zero-order valence-electron chi connectivity index (χ0n) is 8.59. The van der Waals surface area contributed by atoms with E-state index >= 15 is 0 Å². The first kappa shape index (κ1) is 10.4. The minimum atomic E-state index is -0.524. The molecule has 2 aromatic heterocycles. The van der Waals surface area contributed by atoms with Crippen LogP contribution in [0.4, 0.5) is 4.39 Å². The van der Waals surface area contributed by atoms with Crippen LogP contribution in [-0.4, -0.2) is 25.5 Å². The average Bonchev–Trinajstić information content (AvgIpc) is 2.64. The molecule has 2 aromatic rings. The molecule has 0 aliphatic rings. The van der Waals surface area contributed by atoms with Gasteiger partial charge in [-0.15, -0.1) is 0 Å². The van der Waals surface area contributed by atoms with Crippen molar-refractivity contribution in [3.63, 3.8) is 0 Å². The Balaban J connectivity index is 2.18. The zero-order chi connectivity index (χ0) is 11.5. The molecular weight excluding hydrogens is 211 g/mol. The number of aryl methyl sites for hydroxylation is 1. The van der Waals surface area contributed by atoms with Crippen LogP contribution in [-0.2, 0) is 13.5 Å². The molecule has 2 heterocycles. The van der Waals surface area contributed by atoms with Gasteiger partial charge in [0.1, 0.15) is 18.0 Å². The van der Waals surface area contributed by atoms with E-state index in [0.29, 0.717) is 5.82 Å². The molecule has 82 valence electrons. The lowest BCUT2D eigenvalue weighted by Gasteiger charge is -2.00. The Morgan fingerprint density at radius 2 is 2.31 bits per heavy atom. The van der Waals surface area contributed by atoms with E-state index in [1.165, 1.54) is 17.2 Å². The van der Waals surface area contributed by atoms with E-state index in [9.17, 15) is 9.18 Å². The molecule has 0 aromatic carbocycles. The van der Waals surface area contributed by atoms with E-state index < -0.39 is 5.82 Å². The third-order valence-corrected chi connectivity index (χ3v) is 2.15. The van der Waals surface area contributed by atoms with Crippen LogP contribution < -0.4 is 0 Å². The monoisotopic (exact) mass is 220 g/mol. The van der Waals surface area contributed by atoms with E-state index in [-0.39, 0.29) is 17.8 Å². The van der Waals surface area contributed by atoms with Gasteiger partial charge >= 0.3 is 0 Å². The second-order valence-corrected chi connectivity index (χ2v) is 3.29. The number of pyridine rings is 1. The third-order valence-electron chi connectivity index (χ3n) is 2.15. The van der Waals surface area contributed by atoms with Gasteiger partial charge < -0.3 is 0 Å². The summed E-state index contributed by atoms with van der Waals surface area (Å²) in [5.74, 6) is -0.221. The van der Waals surface area contributed by atoms with Crippen molar-refractivity contribution in [3.8, 4) is 0 Å². The maximum Gasteiger partial charge on any atom is 0.172 e. The molecule has 0 unspecified atom stereocenters. The van der Waals surface area contributed by atoms with Crippen LogP contribution in [0.15, 0.2) is 24.8 Å². The summed E-state index contributed by atoms with van der Waals surface area (Å²) in [7, 11) is 1.69. The molecule has 16 heavy (non-hydrogen) atoms. The number of nitrogens with zero attached hydrogens (tertiary/aromatic N) is 4. The van der Waals surface area contributed by atoms with Crippen LogP contribution in [0.25, 0.3) is 0 Å². The molecule has 2 rings (SSSR count). The fourth-order valence-electron chi connectivity index (χ4n) is 1.29. The number of Topliss-reactive ketones (excluding diaryl/α,β-unsaturated/α-hetero) is 1. The van der Waals surface area contributed by atoms with Gasteiger partial charge in [-0.3, -0.25) is 14.5 Å². The molecule has 0 radical (unpaired) electrons. The maximum absolute atomic E-state index is 12.8. The van der Waals surface area contributed by atoms with Crippen molar-refractivity contribution in [2.45, 2.75) is 6.42 Å². The van der Waals surface area contributed by atoms with Crippen LogP contribution in [0.5, 0.6) is 0 Å². The van der Waals surface area contributed by atoms with E-state index in [2.05, 4.69) is 15.1 Å². The summed E-state index contributed by atoms with van der Waals surface area (Å²) < 4.78 is 14.3. The zero-order valence-corrected chi connectivity index (χ0v) is 8.59. The van der Waals surface area contributed by atoms with Gasteiger partial charge in [-0.2, -0.15) is 5.10 Å². The smallest absolute Gasteiger partial charge is 0.172 e. The van der Waals surface area contributed by atoms with Gasteiger partial charge in [0, 0.05) is 18.8 Å². The Morgan fingerprint density at radius 3 is 2.94 bits per heavy atom. The number of aromatic nitrogens is 4. The number of carbonyl (C=O) groups excluding carboxylic acids is 1. The SMILES string of the molecule is Cn1ncnc1CC(=O)c1cncc(F)c1. The molecule has 0 bridgehead atoms. The maximum atomic E-state index is 12.8. The van der Waals surface area contributed by atoms with Gasteiger partial charge in [0.15, 0.2) is 5.78 Å². The van der Waals surface area contributed by atoms with Gasteiger partial charge in [0.05, 0.1) is 12.6 Å². The summed E-state index contributed by atoms with van der Waals surface area (Å²) in [6.07, 6.45) is 3.84. The summed E-state index contributed by atoms with van der Waals surface area (Å²) in [6, 6.07) is 1.16. The quantitative estimate of drug-likeness (QED) is 0.717. The number of hydrogen-bond donors (Lipinski definition) is 0. The molecule has 0 atom stereocenters. The van der Waals surface area contributed by atoms with Crippen LogP contribution >= 0.6 is 0 Å². The largest absolute Gasteiger partial charge is 0.294 e. The van der Waals surface area contributed by atoms with E-state index in [1.54, 1.807) is 7.05 Å². The van der Waals surface area contributed by atoms with Crippen molar-refractivity contribution in [3.05, 3.63) is 42.0 Å². The number of ketones is 1. The van der Waals surface area contributed by atoms with E-state index in [1.807, 2.05) is 0 Å². The van der Waals surface area contributed by atoms with Gasteiger partial charge in [0.2, 0.25) is 0 Å². The second-order valence-electron chi connectivity index (χ2n) is 3.29. The highest BCUT2D eigenvalue weighted by Gasteiger charge is 2.11. The number of halogens is 1. The van der Waals surface area contributed by atoms with Crippen molar-refractivity contribution in [2.24, 2.45) is 7.05 Å². The van der Waals surface area contributed by atoms with Gasteiger partial charge in [-0.1, -0.05) is 0 Å². The highest BCUT2D eigenvalue weighted by molar-refractivity contribution is 5.96. The van der Waals surface area contributed by atoms with Gasteiger partial charge in [0.25, 0.3) is 0 Å². The van der Waals surface area contributed by atoms with Crippen LogP contribution in [0, 0.1) is 5.82 Å². The first-order chi connectivity index (χ1) is 7.66. The molecular formula is C10H9FN4O. The third kappa shape index (κ3) is 2.10. The van der Waals surface area contributed by atoms with Crippen molar-refractivity contribution < 1.29 is 9.18 Å². The van der Waals surface area contributed by atoms with Crippen LogP contribution in [0.3, 0.4) is 0 Å². The molecule has 0 fully saturated rings. The topological polar surface area (TPSA) is 60.7 Å². The lowest BCUT2D eigenvalue weighted by molar-refractivity contribution is 0.0989. The van der Waals surface area contributed by atoms with Crippen molar-refractivity contribution >= 4 is 5.78 Å². The average molecular weight is 220 g/mol. The lowest BCUT2D eigenvalue weighted by atomic mass is 10.1. The molecule has 0 spiro atoms. The first-order valence-corrected chi connectivity index (χ1v) is 4.63. The normalized spacial score (nSPS) is 10.4. The van der Waals surface area contributed by atoms with Crippen LogP contribution in [0.2, 0.25) is 0 Å². The molecule has 0 saturated heterocycles. The van der Waals surface area contributed by atoms with Crippen molar-refractivity contribution in [1.29, 1.82) is 0 Å². The highest BCUT2D eigenvalue weighted by Crippen LogP contribution is 2.05. The molecule has 5 nitrogen and oxygen atoms in total. The Morgan fingerprint density at radius 1 is 1.50 bits per heavy atom. The minimum absolute atomic E-state index is 0.0850. The summed E-state index contributed by atoms with van der Waals surface area (Å²) in [6.45, 7) is 0. The fourth-order valence-corrected chi connectivity index (χ4v) is 1.29. The Bertz CT molecular complexity index is 523. The summed E-state index contributed by atoms with van der Waals surface area (Å²) in [5, 5.41) is 3.84. The van der Waals surface area contributed by atoms with Gasteiger partial charge in [-0.05, 0) is 6.07 Å². The van der Waals surface area contributed by atoms with Crippen molar-refractivity contribution in [2.75, 3.05) is 0 Å². The van der Waals surface area contributed by atoms with E-state index in [4.69, 9.17) is 0 Å². The van der Waals surface area contributed by atoms with Gasteiger partial charge in [-0.25, -0.2) is 9.37 Å². The highest BCUT2D eigenvalue weighted by atomic mass is 19.1. The minimum Gasteiger partial charge on any atom is -0.294 e. The van der Waals surface area contributed by atoms with Crippen molar-refractivity contribution in [1.82, 2.24) is 19.7 Å². The summed E-state index contributed by atoms with van der Waals surface area (Å²) in [5.41, 5.74) is 0.239. The molecule has 0 N–H and O–H groups in total. The summed E-state index contributed by atoms with van der Waals surface area (Å²) >= 11 is 0. The summed E-state index contributed by atoms with van der Waals surface area (Å²) in [4.78, 5) is 19.3. The second kappa shape index (κ2) is 4.18. The number of rotatable bonds is 3. The predicted octanol–water partition coefficient (Wildman–Crippen LogP) is 0.775. The number of hydrogen-bond acceptors (Lipinski definition) is 4. The molecule has 0 saturated carbocycles. The molecule has 0 aliphatic carbocycles.